The van der Waals surface area contributed by atoms with E-state index in [0.717, 1.165) is 11.9 Å². The quantitative estimate of drug-likeness (QED) is 0.465. The highest BCUT2D eigenvalue weighted by atomic mass is 16.1. The van der Waals surface area contributed by atoms with Crippen LogP contribution in [0.3, 0.4) is 0 Å². The molecule has 0 atom stereocenters. The molecule has 1 aromatic carbocycles. The van der Waals surface area contributed by atoms with Gasteiger partial charge in [-0.3, -0.25) is 4.79 Å². The van der Waals surface area contributed by atoms with Crippen molar-refractivity contribution < 1.29 is 4.79 Å². The largest absolute Gasteiger partial charge is 0.347 e. The first-order chi connectivity index (χ1) is 12.4. The van der Waals surface area contributed by atoms with Gasteiger partial charge in [-0.25, -0.2) is 9.98 Å². The molecule has 0 spiro atoms. The van der Waals surface area contributed by atoms with Crippen molar-refractivity contribution >= 4 is 18.0 Å². The second kappa shape index (κ2) is 8.04. The first kappa shape index (κ1) is 18.8. The Labute approximate surface area is 153 Å². The number of carbonyl (C=O) groups is 1. The number of allylic oxidation sites excluding steroid dienone is 6. The molecule has 0 fully saturated rings. The Balaban J connectivity index is 2.75. The molecule has 0 saturated heterocycles. The van der Waals surface area contributed by atoms with Crippen LogP contribution in [0.25, 0.3) is 0 Å². The Bertz CT molecular complexity index is 937. The summed E-state index contributed by atoms with van der Waals surface area (Å²) >= 11 is 0. The number of nitriles is 1. The molecule has 0 unspecified atom stereocenters. The van der Waals surface area contributed by atoms with Gasteiger partial charge in [0.1, 0.15) is 5.71 Å². The molecule has 0 saturated carbocycles. The van der Waals surface area contributed by atoms with Gasteiger partial charge in [-0.1, -0.05) is 49.6 Å². The van der Waals surface area contributed by atoms with Crippen molar-refractivity contribution in [3.63, 3.8) is 0 Å². The third-order valence-corrected chi connectivity index (χ3v) is 3.89. The van der Waals surface area contributed by atoms with Gasteiger partial charge in [0, 0.05) is 25.2 Å². The number of nitrogens with zero attached hydrogens (tertiary/aromatic N) is 4. The van der Waals surface area contributed by atoms with Crippen molar-refractivity contribution in [1.29, 1.82) is 5.26 Å². The standard InChI is InChI=1S/C21H20N4O/c1-6-9-17(14(2)12-22)15(3)19-20(24-21(23-19)25(4)5)18-11-8-7-10-16(18)13-26/h6-11,13H,1-2H2,3-5H3/b17-9+,19-15-. The van der Waals surface area contributed by atoms with Crippen molar-refractivity contribution in [3.05, 3.63) is 83.1 Å². The molecule has 0 aliphatic carbocycles. The zero-order valence-electron chi connectivity index (χ0n) is 15.2. The van der Waals surface area contributed by atoms with Gasteiger partial charge in [-0.2, -0.15) is 5.26 Å². The lowest BCUT2D eigenvalue weighted by atomic mass is 9.94. The van der Waals surface area contributed by atoms with E-state index in [2.05, 4.69) is 29.2 Å². The van der Waals surface area contributed by atoms with E-state index in [1.807, 2.05) is 33.2 Å². The number of benzene rings is 1. The predicted molar refractivity (Wildman–Crippen MR) is 105 cm³/mol. The number of aldehydes is 1. The van der Waals surface area contributed by atoms with E-state index >= 15 is 0 Å². The summed E-state index contributed by atoms with van der Waals surface area (Å²) in [4.78, 5) is 22.5. The summed E-state index contributed by atoms with van der Waals surface area (Å²) in [5, 5.41) is 9.26. The molecule has 0 aromatic heterocycles. The number of carbonyl (C=O) groups excluding carboxylic acids is 1. The van der Waals surface area contributed by atoms with Crippen LogP contribution in [-0.2, 0) is 0 Å². The van der Waals surface area contributed by atoms with Gasteiger partial charge in [0.15, 0.2) is 6.29 Å². The molecule has 2 rings (SSSR count). The average Bonchev–Trinajstić information content (AvgIpc) is 3.10. The maximum absolute atomic E-state index is 11.5. The minimum absolute atomic E-state index is 0.312. The average molecular weight is 344 g/mol. The minimum Gasteiger partial charge on any atom is -0.347 e. The highest BCUT2D eigenvalue weighted by Gasteiger charge is 2.25. The van der Waals surface area contributed by atoms with Crippen molar-refractivity contribution in [1.82, 2.24) is 4.90 Å². The van der Waals surface area contributed by atoms with Crippen LogP contribution in [0.2, 0.25) is 0 Å². The fraction of sp³-hybridized carbons (Fsp3) is 0.143. The summed E-state index contributed by atoms with van der Waals surface area (Å²) in [7, 11) is 3.69. The summed E-state index contributed by atoms with van der Waals surface area (Å²) in [6.07, 6.45) is 4.12. The molecule has 1 aromatic rings. The second-order valence-electron chi connectivity index (χ2n) is 5.85. The molecule has 0 N–H and O–H groups in total. The Morgan fingerprint density at radius 1 is 1.27 bits per heavy atom. The van der Waals surface area contributed by atoms with Crippen LogP contribution >= 0.6 is 0 Å². The lowest BCUT2D eigenvalue weighted by molar-refractivity contribution is 0.112. The summed E-state index contributed by atoms with van der Waals surface area (Å²) < 4.78 is 0. The molecule has 1 aliphatic rings. The Morgan fingerprint density at radius 3 is 2.54 bits per heavy atom. The predicted octanol–water partition coefficient (Wildman–Crippen LogP) is 3.69. The molecule has 1 heterocycles. The van der Waals surface area contributed by atoms with Crippen molar-refractivity contribution in [2.75, 3.05) is 14.1 Å². The monoisotopic (exact) mass is 344 g/mol. The zero-order valence-corrected chi connectivity index (χ0v) is 15.2. The first-order valence-corrected chi connectivity index (χ1v) is 7.97. The van der Waals surface area contributed by atoms with Gasteiger partial charge < -0.3 is 4.90 Å². The number of rotatable bonds is 5. The van der Waals surface area contributed by atoms with Gasteiger partial charge in [0.25, 0.3) is 0 Å². The number of hydrogen-bond donors (Lipinski definition) is 0. The van der Waals surface area contributed by atoms with E-state index in [4.69, 9.17) is 0 Å². The van der Waals surface area contributed by atoms with Gasteiger partial charge in [0.2, 0.25) is 5.96 Å². The molecule has 130 valence electrons. The van der Waals surface area contributed by atoms with E-state index < -0.39 is 0 Å². The van der Waals surface area contributed by atoms with E-state index in [1.165, 1.54) is 0 Å². The molecule has 0 bridgehead atoms. The SMILES string of the molecule is C=C/C=C(C(=C)C#N)/C(C)=C1\N=C(N(C)C)N=C1c1ccccc1C=O. The van der Waals surface area contributed by atoms with E-state index in [-0.39, 0.29) is 0 Å². The van der Waals surface area contributed by atoms with Crippen LogP contribution in [0.5, 0.6) is 0 Å². The zero-order chi connectivity index (χ0) is 19.3. The minimum atomic E-state index is 0.312. The molecule has 5 heteroatoms. The molecule has 0 amide bonds. The summed E-state index contributed by atoms with van der Waals surface area (Å²) in [6, 6.07) is 9.28. The fourth-order valence-electron chi connectivity index (χ4n) is 2.55. The summed E-state index contributed by atoms with van der Waals surface area (Å²) in [6.45, 7) is 9.36. The maximum Gasteiger partial charge on any atom is 0.226 e. The van der Waals surface area contributed by atoms with Crippen LogP contribution in [0, 0.1) is 11.3 Å². The summed E-state index contributed by atoms with van der Waals surface area (Å²) in [5.41, 5.74) is 4.11. The molecule has 26 heavy (non-hydrogen) atoms. The van der Waals surface area contributed by atoms with E-state index in [1.54, 1.807) is 29.2 Å². The highest BCUT2D eigenvalue weighted by Crippen LogP contribution is 2.28. The van der Waals surface area contributed by atoms with Gasteiger partial charge in [-0.15, -0.1) is 0 Å². The molecule has 5 nitrogen and oxygen atoms in total. The summed E-state index contributed by atoms with van der Waals surface area (Å²) in [5.74, 6) is 0.524. The second-order valence-corrected chi connectivity index (χ2v) is 5.85. The Kier molecular flexibility index (Phi) is 5.82. The van der Waals surface area contributed by atoms with Crippen LogP contribution in [-0.4, -0.2) is 37.0 Å². The van der Waals surface area contributed by atoms with E-state index in [9.17, 15) is 10.1 Å². The maximum atomic E-state index is 11.5. The van der Waals surface area contributed by atoms with Crippen LogP contribution in [0.15, 0.2) is 82.0 Å². The molecular formula is C21H20N4O. The number of aliphatic imine (C=N–C) groups is 2. The Hall–Kier alpha value is -3.52. The molecule has 0 radical (unpaired) electrons. The van der Waals surface area contributed by atoms with E-state index in [0.29, 0.717) is 39.6 Å². The lowest BCUT2D eigenvalue weighted by Crippen LogP contribution is -2.18. The molecule has 1 aliphatic heterocycles. The van der Waals surface area contributed by atoms with Crippen molar-refractivity contribution in [3.8, 4) is 6.07 Å². The lowest BCUT2D eigenvalue weighted by Gasteiger charge is -2.11. The Morgan fingerprint density at radius 2 is 1.96 bits per heavy atom. The fourth-order valence-corrected chi connectivity index (χ4v) is 2.55. The first-order valence-electron chi connectivity index (χ1n) is 7.97. The third-order valence-electron chi connectivity index (χ3n) is 3.89. The number of guanidine groups is 1. The van der Waals surface area contributed by atoms with Gasteiger partial charge >= 0.3 is 0 Å². The van der Waals surface area contributed by atoms with Gasteiger partial charge in [0.05, 0.1) is 17.3 Å². The van der Waals surface area contributed by atoms with Gasteiger partial charge in [-0.05, 0) is 18.1 Å². The van der Waals surface area contributed by atoms with Crippen LogP contribution < -0.4 is 0 Å². The normalized spacial score (nSPS) is 15.5. The smallest absolute Gasteiger partial charge is 0.226 e. The van der Waals surface area contributed by atoms with Crippen LogP contribution in [0.1, 0.15) is 22.8 Å². The van der Waals surface area contributed by atoms with Crippen LogP contribution in [0.4, 0.5) is 0 Å². The van der Waals surface area contributed by atoms with Crippen molar-refractivity contribution in [2.45, 2.75) is 6.92 Å². The number of hydrogen-bond acceptors (Lipinski definition) is 5. The third kappa shape index (κ3) is 3.60. The highest BCUT2D eigenvalue weighted by molar-refractivity contribution is 6.23. The van der Waals surface area contributed by atoms with Crippen molar-refractivity contribution in [2.24, 2.45) is 9.98 Å². The topological polar surface area (TPSA) is 68.8 Å². The molecular weight excluding hydrogens is 324 g/mol.